The number of carbonyl (C=O) groups is 1. The highest BCUT2D eigenvalue weighted by Crippen LogP contribution is 2.35. The first-order valence-corrected chi connectivity index (χ1v) is 14.5. The molecule has 2 aromatic carbocycles. The van der Waals surface area contributed by atoms with Gasteiger partial charge < -0.3 is 15.5 Å². The van der Waals surface area contributed by atoms with Crippen LogP contribution in [0.5, 0.6) is 0 Å². The van der Waals surface area contributed by atoms with Crippen LogP contribution in [0.1, 0.15) is 60.4 Å². The highest BCUT2D eigenvalue weighted by atomic mass is 32.2. The predicted molar refractivity (Wildman–Crippen MR) is 135 cm³/mol. The Balaban J connectivity index is 1.41. The van der Waals surface area contributed by atoms with Crippen molar-refractivity contribution < 1.29 is 36.6 Å². The molecule has 2 aromatic rings. The second-order valence-electron chi connectivity index (χ2n) is 10.1. The fourth-order valence-electron chi connectivity index (χ4n) is 5.30. The van der Waals surface area contributed by atoms with Gasteiger partial charge in [0.2, 0.25) is 0 Å². The highest BCUT2D eigenvalue weighted by molar-refractivity contribution is 7.91. The molecule has 0 saturated carbocycles. The maximum Gasteiger partial charge on any atom is 0.417 e. The lowest BCUT2D eigenvalue weighted by atomic mass is 9.86. The third-order valence-corrected chi connectivity index (χ3v) is 9.05. The molecular weight excluding hydrogens is 521 g/mol. The molecule has 11 heteroatoms. The van der Waals surface area contributed by atoms with Gasteiger partial charge in [-0.25, -0.2) is 8.42 Å². The van der Waals surface area contributed by atoms with E-state index in [1.54, 1.807) is 0 Å². The van der Waals surface area contributed by atoms with Crippen LogP contribution >= 0.6 is 0 Å². The van der Waals surface area contributed by atoms with Crippen molar-refractivity contribution in [1.82, 2.24) is 10.2 Å². The molecule has 4 rings (SSSR count). The molecule has 0 bridgehead atoms. The number of amides is 1. The summed E-state index contributed by atoms with van der Waals surface area (Å²) in [5, 5.41) is 23.4. The second kappa shape index (κ2) is 11.7. The lowest BCUT2D eigenvalue weighted by molar-refractivity contribution is -0.140. The molecule has 3 atom stereocenters. The standard InChI is InChI=1S/C27H33F3N2O5S/c28-27(29,30)21-8-2-3-10-24(21)38(36,37)17-23(33)25(34)26(35)31-22-9-6-7-19-15-18(11-12-20(19)22)16-32-13-4-1-5-14-32/h2-3,8,10-12,15,22-23,25,33-34H,1,4-7,9,13-14,16-17H2,(H,31,35)/t22-,23-,25-/m1/s1. The summed E-state index contributed by atoms with van der Waals surface area (Å²) in [5.74, 6) is -2.22. The van der Waals surface area contributed by atoms with E-state index in [0.717, 1.165) is 61.8 Å². The number of likely N-dealkylation sites (tertiary alicyclic amines) is 1. The fraction of sp³-hybridized carbons (Fsp3) is 0.519. The van der Waals surface area contributed by atoms with Crippen LogP contribution in [0.25, 0.3) is 0 Å². The summed E-state index contributed by atoms with van der Waals surface area (Å²) >= 11 is 0. The number of benzene rings is 2. The van der Waals surface area contributed by atoms with E-state index in [1.807, 2.05) is 12.1 Å². The van der Waals surface area contributed by atoms with Crippen LogP contribution < -0.4 is 5.32 Å². The molecule has 1 aliphatic carbocycles. The Hall–Kier alpha value is -2.47. The molecule has 38 heavy (non-hydrogen) atoms. The lowest BCUT2D eigenvalue weighted by Crippen LogP contribution is -2.46. The van der Waals surface area contributed by atoms with Gasteiger partial charge in [-0.2, -0.15) is 13.2 Å². The van der Waals surface area contributed by atoms with Crippen molar-refractivity contribution in [2.75, 3.05) is 18.8 Å². The Kier molecular flexibility index (Phi) is 8.81. The number of aliphatic hydroxyl groups excluding tert-OH is 2. The number of aliphatic hydroxyl groups is 2. The summed E-state index contributed by atoms with van der Waals surface area (Å²) in [6.45, 7) is 3.02. The summed E-state index contributed by atoms with van der Waals surface area (Å²) in [5.41, 5.74) is 1.82. The van der Waals surface area contributed by atoms with E-state index in [1.165, 1.54) is 24.8 Å². The zero-order valence-corrected chi connectivity index (χ0v) is 21.8. The largest absolute Gasteiger partial charge is 0.417 e. The molecule has 0 radical (unpaired) electrons. The van der Waals surface area contributed by atoms with E-state index in [-0.39, 0.29) is 0 Å². The van der Waals surface area contributed by atoms with Crippen molar-refractivity contribution in [1.29, 1.82) is 0 Å². The molecule has 0 unspecified atom stereocenters. The average molecular weight is 555 g/mol. The van der Waals surface area contributed by atoms with Gasteiger partial charge in [-0.3, -0.25) is 9.69 Å². The van der Waals surface area contributed by atoms with Gasteiger partial charge in [-0.05, 0) is 74.0 Å². The third-order valence-electron chi connectivity index (χ3n) is 7.24. The van der Waals surface area contributed by atoms with Gasteiger partial charge in [0.1, 0.15) is 6.10 Å². The maximum atomic E-state index is 13.3. The van der Waals surface area contributed by atoms with Crippen LogP contribution in [0.3, 0.4) is 0 Å². The van der Waals surface area contributed by atoms with Crippen LogP contribution in [-0.4, -0.2) is 60.5 Å². The van der Waals surface area contributed by atoms with Crippen LogP contribution in [0, 0.1) is 0 Å². The fourth-order valence-corrected chi connectivity index (χ4v) is 6.92. The third kappa shape index (κ3) is 6.74. The summed E-state index contributed by atoms with van der Waals surface area (Å²) in [6.07, 6.45) is -3.27. The molecule has 7 nitrogen and oxygen atoms in total. The number of carbonyl (C=O) groups excluding carboxylic acids is 1. The maximum absolute atomic E-state index is 13.3. The molecule has 3 N–H and O–H groups in total. The van der Waals surface area contributed by atoms with E-state index in [9.17, 15) is 36.6 Å². The summed E-state index contributed by atoms with van der Waals surface area (Å²) in [6, 6.07) is 9.29. The Labute approximate surface area is 220 Å². The minimum atomic E-state index is -4.92. The van der Waals surface area contributed by atoms with Gasteiger partial charge >= 0.3 is 6.18 Å². The van der Waals surface area contributed by atoms with Gasteiger partial charge in [0, 0.05) is 6.54 Å². The Morgan fingerprint density at radius 3 is 2.47 bits per heavy atom. The van der Waals surface area contributed by atoms with E-state index in [2.05, 4.69) is 16.3 Å². The summed E-state index contributed by atoms with van der Waals surface area (Å²) in [7, 11) is -4.66. The number of piperidine rings is 1. The van der Waals surface area contributed by atoms with E-state index >= 15 is 0 Å². The minimum Gasteiger partial charge on any atom is -0.389 e. The minimum absolute atomic E-state index is 0.431. The predicted octanol–water partition coefficient (Wildman–Crippen LogP) is 3.38. The molecule has 1 saturated heterocycles. The number of aryl methyl sites for hydroxylation is 1. The Morgan fingerprint density at radius 1 is 1.05 bits per heavy atom. The smallest absolute Gasteiger partial charge is 0.389 e. The van der Waals surface area contributed by atoms with E-state index in [0.29, 0.717) is 12.5 Å². The van der Waals surface area contributed by atoms with Crippen molar-refractivity contribution in [3.63, 3.8) is 0 Å². The zero-order chi connectivity index (χ0) is 27.5. The van der Waals surface area contributed by atoms with E-state index < -0.39 is 56.4 Å². The number of nitrogens with zero attached hydrogens (tertiary/aromatic N) is 1. The van der Waals surface area contributed by atoms with Gasteiger partial charge in [0.25, 0.3) is 5.91 Å². The molecule has 1 amide bonds. The monoisotopic (exact) mass is 554 g/mol. The number of rotatable bonds is 8. The average Bonchev–Trinajstić information content (AvgIpc) is 2.88. The van der Waals surface area contributed by atoms with Crippen LogP contribution in [0.15, 0.2) is 47.4 Å². The number of alkyl halides is 3. The summed E-state index contributed by atoms with van der Waals surface area (Å²) < 4.78 is 65.2. The molecule has 208 valence electrons. The normalized spacial score (nSPS) is 20.4. The van der Waals surface area contributed by atoms with Gasteiger partial charge in [-0.15, -0.1) is 0 Å². The van der Waals surface area contributed by atoms with Gasteiger partial charge in [-0.1, -0.05) is 36.8 Å². The van der Waals surface area contributed by atoms with Crippen molar-refractivity contribution in [2.45, 2.75) is 74.4 Å². The first-order valence-electron chi connectivity index (χ1n) is 12.9. The van der Waals surface area contributed by atoms with Crippen molar-refractivity contribution in [2.24, 2.45) is 0 Å². The Morgan fingerprint density at radius 2 is 1.76 bits per heavy atom. The molecule has 1 fully saturated rings. The molecule has 2 aliphatic rings. The number of fused-ring (bicyclic) bond motifs is 1. The Bertz CT molecular complexity index is 1250. The number of halogens is 3. The van der Waals surface area contributed by atoms with Crippen molar-refractivity contribution >= 4 is 15.7 Å². The van der Waals surface area contributed by atoms with Crippen molar-refractivity contribution in [3.05, 3.63) is 64.7 Å². The number of hydrogen-bond acceptors (Lipinski definition) is 6. The van der Waals surface area contributed by atoms with Crippen LogP contribution in [0.4, 0.5) is 13.2 Å². The van der Waals surface area contributed by atoms with Gasteiger partial charge in [0.15, 0.2) is 15.9 Å². The molecule has 0 spiro atoms. The highest BCUT2D eigenvalue weighted by Gasteiger charge is 2.39. The first-order chi connectivity index (χ1) is 18.0. The quantitative estimate of drug-likeness (QED) is 0.462. The van der Waals surface area contributed by atoms with Gasteiger partial charge in [0.05, 0.1) is 22.3 Å². The first kappa shape index (κ1) is 28.5. The number of nitrogens with one attached hydrogen (secondary N) is 1. The zero-order valence-electron chi connectivity index (χ0n) is 21.0. The molecule has 0 aromatic heterocycles. The topological polar surface area (TPSA) is 107 Å². The lowest BCUT2D eigenvalue weighted by Gasteiger charge is -2.30. The molecular formula is C27H33F3N2O5S. The van der Waals surface area contributed by atoms with Crippen LogP contribution in [-0.2, 0) is 33.8 Å². The molecule has 1 aliphatic heterocycles. The summed E-state index contributed by atoms with van der Waals surface area (Å²) in [4.78, 5) is 14.1. The molecule has 1 heterocycles. The van der Waals surface area contributed by atoms with E-state index in [4.69, 9.17) is 0 Å². The van der Waals surface area contributed by atoms with Crippen molar-refractivity contribution in [3.8, 4) is 0 Å². The van der Waals surface area contributed by atoms with Crippen LogP contribution in [0.2, 0.25) is 0 Å². The number of sulfone groups is 1. The second-order valence-corrected chi connectivity index (χ2v) is 12.1. The number of hydrogen-bond donors (Lipinski definition) is 3. The SMILES string of the molecule is O=C(N[C@@H]1CCCc2cc(CN3CCCCC3)ccc21)[C@H](O)[C@H](O)CS(=O)(=O)c1ccccc1C(F)(F)F.